The van der Waals surface area contributed by atoms with Gasteiger partial charge in [0.25, 0.3) is 5.56 Å². The number of nitrogens with one attached hydrogen (secondary N) is 1. The highest BCUT2D eigenvalue weighted by atomic mass is 35.5. The van der Waals surface area contributed by atoms with Crippen LogP contribution < -0.4 is 15.0 Å². The van der Waals surface area contributed by atoms with Gasteiger partial charge in [0.15, 0.2) is 11.2 Å². The number of aromatic amines is 1. The molecule has 7 rings (SSSR count). The van der Waals surface area contributed by atoms with Gasteiger partial charge in [0.1, 0.15) is 17.3 Å². The Hall–Kier alpha value is -4.39. The van der Waals surface area contributed by atoms with Crippen LogP contribution in [0.15, 0.2) is 95.8 Å². The molecule has 3 atom stereocenters. The quantitative estimate of drug-likeness (QED) is 0.265. The maximum Gasteiger partial charge on any atom is 0.255 e. The standard InChI is InChI=1S/C34H27ClN2O4/c1-19-17-20(2)28-26(18-19)41-34(23-11-15-25(40-3)16-12-23)29(21-7-5-4-6-8-21)27-30(33(28,34)39)36-31(37-32(27)38)22-9-13-24(35)14-10-22/h4-18,29,39H,1-3H3,(H,36,37,38)/t29-,33+,34+/m1/s1. The lowest BCUT2D eigenvalue weighted by molar-refractivity contribution is -0.0906. The van der Waals surface area contributed by atoms with E-state index in [1.807, 2.05) is 80.6 Å². The largest absolute Gasteiger partial charge is 0.497 e. The summed E-state index contributed by atoms with van der Waals surface area (Å²) in [6.45, 7) is 3.96. The first-order valence-electron chi connectivity index (χ1n) is 13.4. The molecule has 7 heteroatoms. The summed E-state index contributed by atoms with van der Waals surface area (Å²) in [4.78, 5) is 22.2. The number of fused-ring (bicyclic) bond motifs is 5. The first kappa shape index (κ1) is 25.6. The molecule has 0 fully saturated rings. The van der Waals surface area contributed by atoms with E-state index in [1.54, 1.807) is 31.4 Å². The Morgan fingerprint density at radius 2 is 1.68 bits per heavy atom. The van der Waals surface area contributed by atoms with Gasteiger partial charge in [0, 0.05) is 21.7 Å². The van der Waals surface area contributed by atoms with E-state index in [4.69, 9.17) is 26.1 Å². The molecule has 1 aliphatic carbocycles. The Bertz CT molecular complexity index is 1870. The summed E-state index contributed by atoms with van der Waals surface area (Å²) in [6.07, 6.45) is 0. The van der Waals surface area contributed by atoms with Crippen molar-refractivity contribution in [3.63, 3.8) is 0 Å². The fourth-order valence-electron chi connectivity index (χ4n) is 6.76. The summed E-state index contributed by atoms with van der Waals surface area (Å²) < 4.78 is 12.5. The van der Waals surface area contributed by atoms with Crippen LogP contribution in [0.25, 0.3) is 11.4 Å². The lowest BCUT2D eigenvalue weighted by Crippen LogP contribution is -2.49. The number of ether oxygens (including phenoxy) is 2. The van der Waals surface area contributed by atoms with Crippen molar-refractivity contribution in [1.29, 1.82) is 0 Å². The summed E-state index contributed by atoms with van der Waals surface area (Å²) in [5, 5.41) is 13.9. The van der Waals surface area contributed by atoms with Crippen LogP contribution in [0.5, 0.6) is 11.5 Å². The molecule has 2 N–H and O–H groups in total. The minimum absolute atomic E-state index is 0.279. The van der Waals surface area contributed by atoms with Gasteiger partial charge >= 0.3 is 0 Å². The Kier molecular flexibility index (Phi) is 5.65. The van der Waals surface area contributed by atoms with Crippen LogP contribution in [0.3, 0.4) is 0 Å². The van der Waals surface area contributed by atoms with Crippen LogP contribution in [0.2, 0.25) is 5.02 Å². The van der Waals surface area contributed by atoms with Crippen LogP contribution in [-0.4, -0.2) is 22.2 Å². The molecule has 2 heterocycles. The molecule has 6 nitrogen and oxygen atoms in total. The molecule has 1 aromatic heterocycles. The topological polar surface area (TPSA) is 84.4 Å². The lowest BCUT2D eigenvalue weighted by Gasteiger charge is -2.40. The van der Waals surface area contributed by atoms with Crippen molar-refractivity contribution in [3.05, 3.63) is 145 Å². The Labute approximate surface area is 242 Å². The summed E-state index contributed by atoms with van der Waals surface area (Å²) in [7, 11) is 1.61. The predicted molar refractivity (Wildman–Crippen MR) is 158 cm³/mol. The van der Waals surface area contributed by atoms with Gasteiger partial charge in [-0.15, -0.1) is 0 Å². The van der Waals surface area contributed by atoms with E-state index in [2.05, 4.69) is 4.98 Å². The van der Waals surface area contributed by atoms with E-state index < -0.39 is 17.1 Å². The van der Waals surface area contributed by atoms with E-state index in [0.717, 1.165) is 16.7 Å². The van der Waals surface area contributed by atoms with Crippen molar-refractivity contribution in [2.75, 3.05) is 7.11 Å². The van der Waals surface area contributed by atoms with Crippen molar-refractivity contribution in [2.24, 2.45) is 0 Å². The average Bonchev–Trinajstić information content (AvgIpc) is 3.36. The van der Waals surface area contributed by atoms with Gasteiger partial charge in [-0.2, -0.15) is 0 Å². The molecule has 0 unspecified atom stereocenters. The fourth-order valence-corrected chi connectivity index (χ4v) is 6.89. The molecule has 204 valence electrons. The fraction of sp³-hybridized carbons (Fsp3) is 0.176. The number of H-pyrrole nitrogens is 1. The number of aromatic nitrogens is 2. The zero-order chi connectivity index (χ0) is 28.5. The Morgan fingerprint density at radius 1 is 0.976 bits per heavy atom. The molecule has 0 bridgehead atoms. The second-order valence-corrected chi connectivity index (χ2v) is 11.2. The predicted octanol–water partition coefficient (Wildman–Crippen LogP) is 6.39. The average molecular weight is 563 g/mol. The number of halogens is 1. The van der Waals surface area contributed by atoms with Crippen LogP contribution in [-0.2, 0) is 11.2 Å². The third kappa shape index (κ3) is 3.47. The van der Waals surface area contributed by atoms with E-state index in [-0.39, 0.29) is 11.3 Å². The Morgan fingerprint density at radius 3 is 2.37 bits per heavy atom. The van der Waals surface area contributed by atoms with Crippen LogP contribution in [0.1, 0.15) is 45.0 Å². The Balaban J connectivity index is 1.62. The highest BCUT2D eigenvalue weighted by Crippen LogP contribution is 2.68. The highest BCUT2D eigenvalue weighted by Gasteiger charge is 2.73. The van der Waals surface area contributed by atoms with Gasteiger partial charge in [-0.25, -0.2) is 4.98 Å². The summed E-state index contributed by atoms with van der Waals surface area (Å²) in [5.41, 5.74) is 1.78. The molecule has 5 aromatic rings. The van der Waals surface area contributed by atoms with Gasteiger partial charge in [-0.1, -0.05) is 60.1 Å². The monoisotopic (exact) mass is 562 g/mol. The second-order valence-electron chi connectivity index (χ2n) is 10.8. The third-order valence-corrected chi connectivity index (χ3v) is 8.63. The maximum atomic E-state index is 14.1. The summed E-state index contributed by atoms with van der Waals surface area (Å²) in [6, 6.07) is 28.2. The maximum absolute atomic E-state index is 14.1. The summed E-state index contributed by atoms with van der Waals surface area (Å²) >= 11 is 6.14. The number of hydrogen-bond acceptors (Lipinski definition) is 5. The zero-order valence-corrected chi connectivity index (χ0v) is 23.5. The van der Waals surface area contributed by atoms with Gasteiger partial charge < -0.3 is 19.6 Å². The van der Waals surface area contributed by atoms with Crippen molar-refractivity contribution in [3.8, 4) is 22.9 Å². The molecule has 41 heavy (non-hydrogen) atoms. The van der Waals surface area contributed by atoms with E-state index in [0.29, 0.717) is 44.6 Å². The lowest BCUT2D eigenvalue weighted by atomic mass is 9.69. The minimum atomic E-state index is -1.79. The van der Waals surface area contributed by atoms with Crippen molar-refractivity contribution in [2.45, 2.75) is 31.0 Å². The zero-order valence-electron chi connectivity index (χ0n) is 22.7. The first-order valence-corrected chi connectivity index (χ1v) is 13.8. The molecular formula is C34H27ClN2O4. The molecule has 0 saturated heterocycles. The smallest absolute Gasteiger partial charge is 0.255 e. The van der Waals surface area contributed by atoms with Crippen molar-refractivity contribution in [1.82, 2.24) is 9.97 Å². The van der Waals surface area contributed by atoms with Gasteiger partial charge in [0.05, 0.1) is 24.3 Å². The molecule has 0 saturated carbocycles. The van der Waals surface area contributed by atoms with E-state index in [9.17, 15) is 9.90 Å². The minimum Gasteiger partial charge on any atom is -0.497 e. The first-order chi connectivity index (χ1) is 19.8. The molecule has 1 aliphatic heterocycles. The van der Waals surface area contributed by atoms with Gasteiger partial charge in [-0.05, 0) is 73.0 Å². The number of nitrogens with zero attached hydrogens (tertiary/aromatic N) is 1. The van der Waals surface area contributed by atoms with Crippen molar-refractivity contribution >= 4 is 11.6 Å². The van der Waals surface area contributed by atoms with Gasteiger partial charge in [-0.3, -0.25) is 4.79 Å². The van der Waals surface area contributed by atoms with Crippen LogP contribution in [0, 0.1) is 13.8 Å². The molecule has 0 spiro atoms. The molecule has 4 aromatic carbocycles. The van der Waals surface area contributed by atoms with Gasteiger partial charge in [0.2, 0.25) is 0 Å². The number of methoxy groups -OCH3 is 1. The molecule has 0 radical (unpaired) electrons. The number of aliphatic hydroxyl groups is 1. The molecular weight excluding hydrogens is 536 g/mol. The normalized spacial score (nSPS) is 22.0. The SMILES string of the molecule is COc1ccc([C@@]23Oc4cc(C)cc(C)c4[C@]2(O)c2nc(-c4ccc(Cl)cc4)[nH]c(=O)c2[C@H]3c2ccccc2)cc1. The van der Waals surface area contributed by atoms with Crippen LogP contribution >= 0.6 is 11.6 Å². The number of hydrogen-bond donors (Lipinski definition) is 2. The molecule has 0 amide bonds. The van der Waals surface area contributed by atoms with Crippen molar-refractivity contribution < 1.29 is 14.6 Å². The van der Waals surface area contributed by atoms with E-state index >= 15 is 0 Å². The molecule has 2 aliphatic rings. The second kappa shape index (κ2) is 9.06. The number of benzene rings is 4. The third-order valence-electron chi connectivity index (χ3n) is 8.38. The number of rotatable bonds is 4. The van der Waals surface area contributed by atoms with E-state index in [1.165, 1.54) is 0 Å². The highest BCUT2D eigenvalue weighted by molar-refractivity contribution is 6.30. The summed E-state index contributed by atoms with van der Waals surface area (Å²) in [5.74, 6) is 0.903. The number of aryl methyl sites for hydroxylation is 2. The van der Waals surface area contributed by atoms with Crippen LogP contribution in [0.4, 0.5) is 0 Å².